The molecule has 0 fully saturated rings. The van der Waals surface area contributed by atoms with Crippen molar-refractivity contribution in [3.05, 3.63) is 154 Å². The number of carbonyl (C=O) groups is 1. The lowest BCUT2D eigenvalue weighted by atomic mass is 10.0. The average molecular weight is 656 g/mol. The van der Waals surface area contributed by atoms with Crippen LogP contribution in [0.4, 0.5) is 5.69 Å². The first-order chi connectivity index (χ1) is 21.4. The van der Waals surface area contributed by atoms with Crippen molar-refractivity contribution in [2.75, 3.05) is 5.32 Å². The number of fused-ring (bicyclic) bond motifs is 2. The number of thiazole rings is 1. The lowest BCUT2D eigenvalue weighted by molar-refractivity contribution is -0.113. The summed E-state index contributed by atoms with van der Waals surface area (Å²) in [5.74, 6) is -0.283. The second-order valence-electron chi connectivity index (χ2n) is 10.4. The highest BCUT2D eigenvalue weighted by Crippen LogP contribution is 2.33. The van der Waals surface area contributed by atoms with Gasteiger partial charge in [0.2, 0.25) is 0 Å². The standard InChI is InChI=1S/C34H24Cl2N4O2S2/c1-20-30(32(41)38-24-8-3-2-4-9-24)31(28-12-7-15-43-28)40-33(42)29(44-34(40)37-20)16-22-19-39(27-11-6-5-10-25(22)27)18-21-13-14-23(35)17-26(21)36/h2-17,19,31H,18H2,1H3,(H,38,41)/b29-16+. The predicted molar refractivity (Wildman–Crippen MR) is 181 cm³/mol. The van der Waals surface area contributed by atoms with Crippen LogP contribution in [0.15, 0.2) is 118 Å². The first-order valence-electron chi connectivity index (χ1n) is 13.8. The Balaban J connectivity index is 1.34. The van der Waals surface area contributed by atoms with E-state index in [-0.39, 0.29) is 11.5 Å². The molecule has 0 saturated heterocycles. The Morgan fingerprint density at radius 2 is 1.82 bits per heavy atom. The Morgan fingerprint density at radius 1 is 1.02 bits per heavy atom. The number of hydrogen-bond acceptors (Lipinski definition) is 5. The van der Waals surface area contributed by atoms with E-state index in [4.69, 9.17) is 28.2 Å². The van der Waals surface area contributed by atoms with Crippen LogP contribution < -0.4 is 20.2 Å². The minimum atomic E-state index is -0.592. The van der Waals surface area contributed by atoms with E-state index >= 15 is 0 Å². The van der Waals surface area contributed by atoms with E-state index in [1.165, 1.54) is 22.7 Å². The SMILES string of the molecule is CC1=C(C(=O)Nc2ccccc2)C(c2cccs2)n2c(s/c(=C/c3cn(Cc4ccc(Cl)cc4Cl)c4ccccc34)c2=O)=N1. The third-order valence-corrected chi connectivity index (χ3v) is 10.1. The fraction of sp³-hybridized carbons (Fsp3) is 0.0882. The number of thiophene rings is 1. The van der Waals surface area contributed by atoms with Gasteiger partial charge in [-0.05, 0) is 60.3 Å². The highest BCUT2D eigenvalue weighted by atomic mass is 35.5. The van der Waals surface area contributed by atoms with Crippen LogP contribution in [0.3, 0.4) is 0 Å². The van der Waals surface area contributed by atoms with E-state index in [1.54, 1.807) is 10.6 Å². The summed E-state index contributed by atoms with van der Waals surface area (Å²) in [7, 11) is 0. The molecule has 1 atom stereocenters. The number of rotatable bonds is 6. The number of halogens is 2. The number of anilines is 1. The number of amides is 1. The summed E-state index contributed by atoms with van der Waals surface area (Å²) < 4.78 is 4.31. The predicted octanol–water partition coefficient (Wildman–Crippen LogP) is 7.25. The van der Waals surface area contributed by atoms with Crippen LogP contribution in [0.1, 0.15) is 29.0 Å². The zero-order valence-electron chi connectivity index (χ0n) is 23.3. The quantitative estimate of drug-likeness (QED) is 0.206. The Labute approximate surface area is 270 Å². The second-order valence-corrected chi connectivity index (χ2v) is 13.2. The highest BCUT2D eigenvalue weighted by Gasteiger charge is 2.33. The van der Waals surface area contributed by atoms with Gasteiger partial charge >= 0.3 is 0 Å². The third-order valence-electron chi connectivity index (χ3n) is 7.57. The maximum atomic E-state index is 14.2. The van der Waals surface area contributed by atoms with Crippen LogP contribution >= 0.6 is 45.9 Å². The number of para-hydroxylation sites is 2. The van der Waals surface area contributed by atoms with Gasteiger partial charge in [-0.15, -0.1) is 11.3 Å². The molecule has 4 heterocycles. The lowest BCUT2D eigenvalue weighted by Gasteiger charge is -2.24. The zero-order chi connectivity index (χ0) is 30.4. The first kappa shape index (κ1) is 28.6. The number of allylic oxidation sites excluding steroid dienone is 1. The van der Waals surface area contributed by atoms with E-state index < -0.39 is 6.04 Å². The Morgan fingerprint density at radius 3 is 2.59 bits per heavy atom. The maximum absolute atomic E-state index is 14.2. The summed E-state index contributed by atoms with van der Waals surface area (Å²) in [4.78, 5) is 34.1. The molecule has 6 nitrogen and oxygen atoms in total. The van der Waals surface area contributed by atoms with E-state index in [2.05, 4.69) is 16.0 Å². The molecule has 1 amide bonds. The fourth-order valence-electron chi connectivity index (χ4n) is 5.54. The second kappa shape index (κ2) is 11.7. The number of nitrogens with one attached hydrogen (secondary N) is 1. The summed E-state index contributed by atoms with van der Waals surface area (Å²) in [6, 6.07) is 26.2. The fourth-order valence-corrected chi connectivity index (χ4v) is 7.87. The molecule has 0 aliphatic carbocycles. The van der Waals surface area contributed by atoms with Crippen molar-refractivity contribution in [2.24, 2.45) is 4.99 Å². The molecule has 218 valence electrons. The number of benzene rings is 3. The number of aromatic nitrogens is 2. The molecule has 44 heavy (non-hydrogen) atoms. The van der Waals surface area contributed by atoms with Crippen molar-refractivity contribution >= 4 is 74.4 Å². The van der Waals surface area contributed by atoms with Gasteiger partial charge in [-0.3, -0.25) is 14.2 Å². The molecule has 0 radical (unpaired) electrons. The summed E-state index contributed by atoms with van der Waals surface area (Å²) in [5, 5.41) is 7.14. The van der Waals surface area contributed by atoms with Crippen LogP contribution in [0, 0.1) is 0 Å². The van der Waals surface area contributed by atoms with Gasteiger partial charge in [-0.25, -0.2) is 4.99 Å². The normalized spacial score (nSPS) is 15.0. The van der Waals surface area contributed by atoms with Crippen molar-refractivity contribution in [3.63, 3.8) is 0 Å². The van der Waals surface area contributed by atoms with Crippen LogP contribution in [0.25, 0.3) is 17.0 Å². The molecular formula is C34H24Cl2N4O2S2. The summed E-state index contributed by atoms with van der Waals surface area (Å²) in [6.45, 7) is 2.37. The Hall–Kier alpha value is -4.21. The van der Waals surface area contributed by atoms with Crippen LogP contribution in [0.2, 0.25) is 10.0 Å². The van der Waals surface area contributed by atoms with Gasteiger partial charge in [0, 0.05) is 49.8 Å². The molecular weight excluding hydrogens is 631 g/mol. The summed E-state index contributed by atoms with van der Waals surface area (Å²) in [6.07, 6.45) is 3.95. The minimum absolute atomic E-state index is 0.192. The molecule has 7 rings (SSSR count). The van der Waals surface area contributed by atoms with Crippen molar-refractivity contribution in [1.82, 2.24) is 9.13 Å². The molecule has 1 unspecified atom stereocenters. The van der Waals surface area contributed by atoms with Gasteiger partial charge < -0.3 is 9.88 Å². The van der Waals surface area contributed by atoms with Crippen LogP contribution in [-0.4, -0.2) is 15.0 Å². The molecule has 0 saturated carbocycles. The first-order valence-corrected chi connectivity index (χ1v) is 16.3. The molecule has 0 bridgehead atoms. The summed E-state index contributed by atoms with van der Waals surface area (Å²) in [5.41, 5.74) is 4.38. The van der Waals surface area contributed by atoms with E-state index in [0.717, 1.165) is 26.9 Å². The molecule has 3 aromatic carbocycles. The van der Waals surface area contributed by atoms with Crippen molar-refractivity contribution < 1.29 is 4.79 Å². The van der Waals surface area contributed by atoms with Crippen molar-refractivity contribution in [3.8, 4) is 0 Å². The Bertz CT molecular complexity index is 2270. The van der Waals surface area contributed by atoms with Gasteiger partial charge in [0.1, 0.15) is 6.04 Å². The van der Waals surface area contributed by atoms with Crippen molar-refractivity contribution in [1.29, 1.82) is 0 Å². The van der Waals surface area contributed by atoms with E-state index in [0.29, 0.717) is 42.9 Å². The molecule has 3 aromatic heterocycles. The molecule has 6 aromatic rings. The molecule has 1 aliphatic heterocycles. The minimum Gasteiger partial charge on any atom is -0.342 e. The van der Waals surface area contributed by atoms with Gasteiger partial charge in [0.05, 0.1) is 15.8 Å². The average Bonchev–Trinajstić information content (AvgIpc) is 3.74. The topological polar surface area (TPSA) is 68.4 Å². The van der Waals surface area contributed by atoms with Crippen molar-refractivity contribution in [2.45, 2.75) is 19.5 Å². The lowest BCUT2D eigenvalue weighted by Crippen LogP contribution is -2.40. The van der Waals surface area contributed by atoms with Gasteiger partial charge in [-0.1, -0.05) is 83.1 Å². The molecule has 10 heteroatoms. The van der Waals surface area contributed by atoms with E-state index in [1.807, 2.05) is 97.4 Å². The monoisotopic (exact) mass is 654 g/mol. The van der Waals surface area contributed by atoms with Gasteiger partial charge in [0.25, 0.3) is 11.5 Å². The Kier molecular flexibility index (Phi) is 7.60. The number of carbonyl (C=O) groups excluding carboxylic acids is 1. The molecule has 0 spiro atoms. The zero-order valence-corrected chi connectivity index (χ0v) is 26.5. The third kappa shape index (κ3) is 5.24. The molecule has 1 aliphatic rings. The highest BCUT2D eigenvalue weighted by molar-refractivity contribution is 7.10. The van der Waals surface area contributed by atoms with Gasteiger partial charge in [-0.2, -0.15) is 0 Å². The van der Waals surface area contributed by atoms with Gasteiger partial charge in [0.15, 0.2) is 4.80 Å². The van der Waals surface area contributed by atoms with E-state index in [9.17, 15) is 9.59 Å². The summed E-state index contributed by atoms with van der Waals surface area (Å²) >= 11 is 15.5. The smallest absolute Gasteiger partial charge is 0.271 e. The number of hydrogen-bond donors (Lipinski definition) is 1. The van der Waals surface area contributed by atoms with Crippen LogP contribution in [0.5, 0.6) is 0 Å². The number of nitrogens with zero attached hydrogens (tertiary/aromatic N) is 3. The maximum Gasteiger partial charge on any atom is 0.271 e. The molecule has 1 N–H and O–H groups in total. The van der Waals surface area contributed by atoms with Crippen LogP contribution in [-0.2, 0) is 11.3 Å². The largest absolute Gasteiger partial charge is 0.342 e.